The van der Waals surface area contributed by atoms with Gasteiger partial charge in [-0.2, -0.15) is 0 Å². The number of nitrogens with zero attached hydrogens (tertiary/aromatic N) is 1. The van der Waals surface area contributed by atoms with E-state index in [1.165, 1.54) is 11.1 Å². The zero-order valence-electron chi connectivity index (χ0n) is 18.2. The average Bonchev–Trinajstić information content (AvgIpc) is 3.37. The number of carbonyl (C=O) groups excluding carboxylic acids is 1. The maximum absolute atomic E-state index is 13.5. The minimum atomic E-state index is 0.143. The van der Waals surface area contributed by atoms with Gasteiger partial charge in [-0.3, -0.25) is 4.79 Å². The van der Waals surface area contributed by atoms with Gasteiger partial charge in [-0.05, 0) is 48.1 Å². The van der Waals surface area contributed by atoms with Crippen LogP contribution >= 0.6 is 23.2 Å². The Morgan fingerprint density at radius 1 is 0.844 bits per heavy atom. The van der Waals surface area contributed by atoms with Crippen molar-refractivity contribution in [2.24, 2.45) is 5.92 Å². The lowest BCUT2D eigenvalue weighted by atomic mass is 9.88. The molecule has 0 aromatic heterocycles. The van der Waals surface area contributed by atoms with Gasteiger partial charge in [0.25, 0.3) is 0 Å². The van der Waals surface area contributed by atoms with Crippen molar-refractivity contribution in [2.75, 3.05) is 6.54 Å². The molecule has 0 unspecified atom stereocenters. The fourth-order valence-corrected chi connectivity index (χ4v) is 5.06. The Balaban J connectivity index is 1.57. The van der Waals surface area contributed by atoms with Gasteiger partial charge in [0.2, 0.25) is 5.91 Å². The SMILES string of the molecule is O=C(C1CCCC1)N(CCC(c1ccccc1)c1ccccc1)Cc1ccc(Cl)c(Cl)c1. The van der Waals surface area contributed by atoms with Crippen LogP contribution in [0.15, 0.2) is 78.9 Å². The van der Waals surface area contributed by atoms with E-state index in [4.69, 9.17) is 23.2 Å². The molecule has 0 N–H and O–H groups in total. The highest BCUT2D eigenvalue weighted by atomic mass is 35.5. The lowest BCUT2D eigenvalue weighted by Gasteiger charge is -2.28. The fraction of sp³-hybridized carbons (Fsp3) is 0.321. The van der Waals surface area contributed by atoms with Crippen molar-refractivity contribution in [1.29, 1.82) is 0 Å². The summed E-state index contributed by atoms with van der Waals surface area (Å²) >= 11 is 12.4. The van der Waals surface area contributed by atoms with Crippen molar-refractivity contribution in [3.05, 3.63) is 106 Å². The van der Waals surface area contributed by atoms with Gasteiger partial charge in [0.05, 0.1) is 10.0 Å². The predicted octanol–water partition coefficient (Wildman–Crippen LogP) is 7.73. The first-order valence-corrected chi connectivity index (χ1v) is 12.2. The summed E-state index contributed by atoms with van der Waals surface area (Å²) in [6.45, 7) is 1.26. The second kappa shape index (κ2) is 11.0. The Bertz CT molecular complexity index is 977. The Morgan fingerprint density at radius 3 is 2.00 bits per heavy atom. The van der Waals surface area contributed by atoms with Gasteiger partial charge < -0.3 is 4.90 Å². The normalized spacial score (nSPS) is 14.1. The topological polar surface area (TPSA) is 20.3 Å². The monoisotopic (exact) mass is 465 g/mol. The molecule has 2 nitrogen and oxygen atoms in total. The third kappa shape index (κ3) is 5.74. The molecule has 4 heteroatoms. The summed E-state index contributed by atoms with van der Waals surface area (Å²) in [5, 5.41) is 1.07. The Labute approximate surface area is 201 Å². The van der Waals surface area contributed by atoms with Crippen LogP contribution in [0.2, 0.25) is 10.0 Å². The third-order valence-corrected chi connectivity index (χ3v) is 7.20. The van der Waals surface area contributed by atoms with Crippen LogP contribution in [0.3, 0.4) is 0 Å². The molecule has 0 aliphatic heterocycles. The molecule has 1 aliphatic rings. The molecule has 1 aliphatic carbocycles. The highest BCUT2D eigenvalue weighted by Crippen LogP contribution is 2.31. The van der Waals surface area contributed by atoms with Crippen LogP contribution < -0.4 is 0 Å². The van der Waals surface area contributed by atoms with Gasteiger partial charge in [0.1, 0.15) is 0 Å². The fourth-order valence-electron chi connectivity index (χ4n) is 4.74. The summed E-state index contributed by atoms with van der Waals surface area (Å²) in [5.41, 5.74) is 3.57. The van der Waals surface area contributed by atoms with E-state index in [0.29, 0.717) is 23.1 Å². The summed E-state index contributed by atoms with van der Waals surface area (Å²) in [7, 11) is 0. The van der Waals surface area contributed by atoms with Crippen molar-refractivity contribution in [1.82, 2.24) is 4.90 Å². The predicted molar refractivity (Wildman–Crippen MR) is 133 cm³/mol. The van der Waals surface area contributed by atoms with Crippen LogP contribution in [0.4, 0.5) is 0 Å². The maximum Gasteiger partial charge on any atom is 0.225 e. The molecule has 4 rings (SSSR count). The Hall–Kier alpha value is -2.29. The van der Waals surface area contributed by atoms with Crippen LogP contribution in [0, 0.1) is 5.92 Å². The number of rotatable bonds is 8. The summed E-state index contributed by atoms with van der Waals surface area (Å²) in [6, 6.07) is 26.8. The highest BCUT2D eigenvalue weighted by molar-refractivity contribution is 6.42. The third-order valence-electron chi connectivity index (χ3n) is 6.47. The van der Waals surface area contributed by atoms with Crippen molar-refractivity contribution in [2.45, 2.75) is 44.6 Å². The first-order chi connectivity index (χ1) is 15.6. The van der Waals surface area contributed by atoms with Crippen molar-refractivity contribution in [3.8, 4) is 0 Å². The van der Waals surface area contributed by atoms with E-state index in [0.717, 1.165) is 37.7 Å². The second-order valence-electron chi connectivity index (χ2n) is 8.65. The number of hydrogen-bond donors (Lipinski definition) is 0. The minimum absolute atomic E-state index is 0.143. The molecule has 0 atom stereocenters. The molecule has 0 heterocycles. The Kier molecular flexibility index (Phi) is 7.89. The minimum Gasteiger partial charge on any atom is -0.338 e. The lowest BCUT2D eigenvalue weighted by molar-refractivity contribution is -0.136. The first kappa shape index (κ1) is 22.9. The smallest absolute Gasteiger partial charge is 0.225 e. The van der Waals surface area contributed by atoms with E-state index < -0.39 is 0 Å². The molecule has 32 heavy (non-hydrogen) atoms. The van der Waals surface area contributed by atoms with E-state index in [1.54, 1.807) is 0 Å². The van der Waals surface area contributed by atoms with Crippen LogP contribution in [0.5, 0.6) is 0 Å². The van der Waals surface area contributed by atoms with Gasteiger partial charge in [-0.1, -0.05) is 103 Å². The molecular formula is C28H29Cl2NO. The maximum atomic E-state index is 13.5. The zero-order valence-corrected chi connectivity index (χ0v) is 19.7. The first-order valence-electron chi connectivity index (χ1n) is 11.4. The molecule has 3 aromatic rings. The molecule has 0 bridgehead atoms. The molecule has 1 amide bonds. The molecular weight excluding hydrogens is 437 g/mol. The van der Waals surface area contributed by atoms with Crippen LogP contribution in [0.1, 0.15) is 54.7 Å². The number of carbonyl (C=O) groups is 1. The van der Waals surface area contributed by atoms with Crippen LogP contribution in [-0.4, -0.2) is 17.4 Å². The van der Waals surface area contributed by atoms with Gasteiger partial charge in [0, 0.05) is 24.9 Å². The molecule has 0 saturated heterocycles. The number of benzene rings is 3. The van der Waals surface area contributed by atoms with Crippen LogP contribution in [-0.2, 0) is 11.3 Å². The van der Waals surface area contributed by atoms with E-state index >= 15 is 0 Å². The summed E-state index contributed by atoms with van der Waals surface area (Å²) < 4.78 is 0. The van der Waals surface area contributed by atoms with Crippen molar-refractivity contribution < 1.29 is 4.79 Å². The van der Waals surface area contributed by atoms with Gasteiger partial charge in [0.15, 0.2) is 0 Å². The molecule has 3 aromatic carbocycles. The zero-order chi connectivity index (χ0) is 22.3. The van der Waals surface area contributed by atoms with Gasteiger partial charge in [-0.25, -0.2) is 0 Å². The molecule has 166 valence electrons. The van der Waals surface area contributed by atoms with E-state index in [1.807, 2.05) is 35.2 Å². The summed E-state index contributed by atoms with van der Waals surface area (Å²) in [6.07, 6.45) is 5.16. The standard InChI is InChI=1S/C28H29Cl2NO/c29-26-16-15-21(19-27(26)30)20-31(28(32)24-13-7-8-14-24)18-17-25(22-9-3-1-4-10-22)23-11-5-2-6-12-23/h1-6,9-12,15-16,19,24-25H,7-8,13-14,17-18,20H2. The average molecular weight is 466 g/mol. The summed E-state index contributed by atoms with van der Waals surface area (Å²) in [4.78, 5) is 15.5. The van der Waals surface area contributed by atoms with E-state index in [2.05, 4.69) is 48.5 Å². The second-order valence-corrected chi connectivity index (χ2v) is 9.47. The lowest BCUT2D eigenvalue weighted by Crippen LogP contribution is -2.36. The molecule has 1 saturated carbocycles. The summed E-state index contributed by atoms with van der Waals surface area (Å²) in [5.74, 6) is 0.656. The number of hydrogen-bond acceptors (Lipinski definition) is 1. The number of amides is 1. The number of halogens is 2. The highest BCUT2D eigenvalue weighted by Gasteiger charge is 2.28. The largest absolute Gasteiger partial charge is 0.338 e. The molecule has 0 spiro atoms. The quantitative estimate of drug-likeness (QED) is 0.333. The van der Waals surface area contributed by atoms with E-state index in [9.17, 15) is 4.79 Å². The van der Waals surface area contributed by atoms with Gasteiger partial charge in [-0.15, -0.1) is 0 Å². The Morgan fingerprint density at radius 2 is 1.44 bits per heavy atom. The molecule has 1 fully saturated rings. The molecule has 0 radical (unpaired) electrons. The van der Waals surface area contributed by atoms with E-state index in [-0.39, 0.29) is 17.7 Å². The van der Waals surface area contributed by atoms with Crippen molar-refractivity contribution in [3.63, 3.8) is 0 Å². The van der Waals surface area contributed by atoms with Crippen LogP contribution in [0.25, 0.3) is 0 Å². The van der Waals surface area contributed by atoms with Crippen molar-refractivity contribution >= 4 is 29.1 Å². The van der Waals surface area contributed by atoms with Gasteiger partial charge >= 0.3 is 0 Å².